The molecule has 2 bridgehead atoms. The third-order valence-electron chi connectivity index (χ3n) is 9.90. The fourth-order valence-electron chi connectivity index (χ4n) is 7.44. The molecule has 0 spiro atoms. The second-order valence-electron chi connectivity index (χ2n) is 14.9. The van der Waals surface area contributed by atoms with Crippen LogP contribution >= 0.6 is 0 Å². The number of hydrogen-bond acceptors (Lipinski definition) is 11. The number of nitrogens with two attached hydrogens (primary N) is 1. The molecular formula is C33H59N7O8. The SMILES string of the molecule is CC[C@H]1OC(=O)[C@H](C)[C@@H](O)[C@H](C)[C@@H](OCc2cn(CCN=C(N)NC(=O)NC)nn2)[C@](C)(O)C[C@@H](C)[C@@H]2OC(C)(C)O[C@H]([C@H]2C)C1(C)C. The van der Waals surface area contributed by atoms with Gasteiger partial charge in [-0.25, -0.2) is 4.79 Å². The molecule has 0 saturated carbocycles. The average Bonchev–Trinajstić information content (AvgIpc) is 3.46. The maximum absolute atomic E-state index is 13.6. The average molecular weight is 682 g/mol. The Hall–Kier alpha value is -2.85. The summed E-state index contributed by atoms with van der Waals surface area (Å²) >= 11 is 0. The Morgan fingerprint density at radius 2 is 1.83 bits per heavy atom. The van der Waals surface area contributed by atoms with E-state index in [2.05, 4.69) is 53.6 Å². The second kappa shape index (κ2) is 15.8. The Bertz CT molecular complexity index is 1270. The van der Waals surface area contributed by atoms with Crippen molar-refractivity contribution in [2.75, 3.05) is 13.6 Å². The number of ether oxygens (including phenoxy) is 4. The summed E-state index contributed by atoms with van der Waals surface area (Å²) in [6, 6.07) is -0.470. The Labute approximate surface area is 284 Å². The normalized spacial score (nSPS) is 36.1. The highest BCUT2D eigenvalue weighted by Crippen LogP contribution is 2.47. The van der Waals surface area contributed by atoms with Crippen LogP contribution in [0.3, 0.4) is 0 Å². The molecule has 1 aromatic rings. The molecule has 2 aliphatic heterocycles. The van der Waals surface area contributed by atoms with Crippen molar-refractivity contribution >= 4 is 18.0 Å². The number of aliphatic imine (C=N–C) groups is 1. The lowest BCUT2D eigenvalue weighted by Crippen LogP contribution is -2.60. The molecule has 3 heterocycles. The number of nitrogens with one attached hydrogen (secondary N) is 2. The highest BCUT2D eigenvalue weighted by atomic mass is 16.7. The van der Waals surface area contributed by atoms with Gasteiger partial charge < -0.3 is 40.2 Å². The molecule has 2 saturated heterocycles. The Morgan fingerprint density at radius 1 is 1.17 bits per heavy atom. The van der Waals surface area contributed by atoms with Gasteiger partial charge in [-0.3, -0.25) is 19.8 Å². The zero-order valence-corrected chi connectivity index (χ0v) is 30.5. The van der Waals surface area contributed by atoms with Gasteiger partial charge in [0.2, 0.25) is 0 Å². The van der Waals surface area contributed by atoms with Crippen LogP contribution in [-0.2, 0) is 36.9 Å². The standard InChI is InChI=1S/C33H59N7O8/c1-12-23-31(6,7)26-21(5)25(47-32(8,9)48-26)18(2)15-33(10,44)27(19(3)24(41)20(4)28(42)46-23)45-17-22-16-40(39-38-22)14-13-36-29(34)37-30(43)35-11/h16,18-21,23-27,41,44H,12-15,17H2,1-11H3,(H4,34,35,36,37,43)/t18-,19+,20-,21+,23-,24+,25+,26-,27-,33-/m1/s1. The lowest BCUT2D eigenvalue weighted by atomic mass is 9.69. The number of aliphatic hydroxyl groups is 2. The van der Waals surface area contributed by atoms with Crippen molar-refractivity contribution in [3.8, 4) is 0 Å². The van der Waals surface area contributed by atoms with Crippen LogP contribution in [-0.4, -0.2) is 98.7 Å². The number of fused-ring (bicyclic) bond motifs is 2. The fraction of sp³-hybridized carbons (Fsp3) is 0.848. The molecule has 0 unspecified atom stereocenters. The molecule has 0 aromatic carbocycles. The van der Waals surface area contributed by atoms with Crippen LogP contribution in [0.2, 0.25) is 0 Å². The van der Waals surface area contributed by atoms with Crippen molar-refractivity contribution in [1.29, 1.82) is 0 Å². The number of hydrogen-bond donors (Lipinski definition) is 5. The highest BCUT2D eigenvalue weighted by molar-refractivity contribution is 5.95. The number of cyclic esters (lactones) is 1. The summed E-state index contributed by atoms with van der Waals surface area (Å²) in [7, 11) is 1.47. The molecule has 1 aromatic heterocycles. The van der Waals surface area contributed by atoms with Gasteiger partial charge in [-0.15, -0.1) is 5.10 Å². The molecule has 48 heavy (non-hydrogen) atoms. The van der Waals surface area contributed by atoms with Crippen LogP contribution in [0.4, 0.5) is 4.79 Å². The van der Waals surface area contributed by atoms with Crippen LogP contribution in [0.15, 0.2) is 11.2 Å². The third-order valence-corrected chi connectivity index (χ3v) is 9.90. The van der Waals surface area contributed by atoms with Crippen molar-refractivity contribution in [3.63, 3.8) is 0 Å². The summed E-state index contributed by atoms with van der Waals surface area (Å²) in [6.07, 6.45) is -0.617. The predicted molar refractivity (Wildman–Crippen MR) is 178 cm³/mol. The molecule has 15 nitrogen and oxygen atoms in total. The predicted octanol–water partition coefficient (Wildman–Crippen LogP) is 2.34. The highest BCUT2D eigenvalue weighted by Gasteiger charge is 2.54. The smallest absolute Gasteiger partial charge is 0.321 e. The first kappa shape index (κ1) is 39.6. The molecule has 274 valence electrons. The quantitative estimate of drug-likeness (QED) is 0.160. The van der Waals surface area contributed by atoms with Crippen LogP contribution in [0.1, 0.15) is 87.8 Å². The number of carbonyl (C=O) groups is 2. The van der Waals surface area contributed by atoms with Crippen molar-refractivity contribution < 1.29 is 38.7 Å². The number of amides is 2. The van der Waals surface area contributed by atoms with E-state index in [9.17, 15) is 19.8 Å². The van der Waals surface area contributed by atoms with E-state index in [1.54, 1.807) is 31.6 Å². The van der Waals surface area contributed by atoms with Gasteiger partial charge in [0.25, 0.3) is 0 Å². The molecule has 15 heteroatoms. The number of nitrogens with zero attached hydrogens (tertiary/aromatic N) is 4. The molecule has 0 aliphatic carbocycles. The molecule has 2 amide bonds. The van der Waals surface area contributed by atoms with Crippen LogP contribution in [0.5, 0.6) is 0 Å². The molecule has 6 N–H and O–H groups in total. The minimum atomic E-state index is -1.45. The molecule has 2 fully saturated rings. The van der Waals surface area contributed by atoms with Gasteiger partial charge in [-0.05, 0) is 46.5 Å². The van der Waals surface area contributed by atoms with Crippen molar-refractivity contribution in [2.24, 2.45) is 39.8 Å². The number of aromatic nitrogens is 3. The lowest BCUT2D eigenvalue weighted by Gasteiger charge is -2.54. The van der Waals surface area contributed by atoms with Gasteiger partial charge in [0, 0.05) is 24.3 Å². The van der Waals surface area contributed by atoms with E-state index in [0.717, 1.165) is 0 Å². The van der Waals surface area contributed by atoms with E-state index in [1.807, 2.05) is 20.8 Å². The molecular weight excluding hydrogens is 622 g/mol. The van der Waals surface area contributed by atoms with Crippen LogP contribution < -0.4 is 16.4 Å². The van der Waals surface area contributed by atoms with E-state index in [0.29, 0.717) is 25.1 Å². The molecule has 0 radical (unpaired) electrons. The first-order valence-electron chi connectivity index (χ1n) is 17.0. The van der Waals surface area contributed by atoms with Crippen molar-refractivity contribution in [1.82, 2.24) is 25.6 Å². The van der Waals surface area contributed by atoms with Crippen molar-refractivity contribution in [3.05, 3.63) is 11.9 Å². The van der Waals surface area contributed by atoms with Gasteiger partial charge in [0.05, 0.1) is 61.8 Å². The van der Waals surface area contributed by atoms with Gasteiger partial charge in [0.1, 0.15) is 11.8 Å². The van der Waals surface area contributed by atoms with E-state index < -0.39 is 59.0 Å². The summed E-state index contributed by atoms with van der Waals surface area (Å²) in [5, 5.41) is 36.8. The monoisotopic (exact) mass is 681 g/mol. The van der Waals surface area contributed by atoms with Gasteiger partial charge in [-0.1, -0.05) is 46.8 Å². The number of esters is 1. The molecule has 3 rings (SSSR count). The van der Waals surface area contributed by atoms with E-state index in [4.69, 9.17) is 24.7 Å². The summed E-state index contributed by atoms with van der Waals surface area (Å²) in [4.78, 5) is 29.0. The number of urea groups is 1. The van der Waals surface area contributed by atoms with Crippen molar-refractivity contribution in [2.45, 2.75) is 137 Å². The fourth-order valence-corrected chi connectivity index (χ4v) is 7.44. The van der Waals surface area contributed by atoms with Gasteiger partial charge in [0.15, 0.2) is 11.7 Å². The van der Waals surface area contributed by atoms with Crippen LogP contribution in [0.25, 0.3) is 0 Å². The maximum Gasteiger partial charge on any atom is 0.321 e. The number of aliphatic hydroxyl groups excluding tert-OH is 1. The lowest BCUT2D eigenvalue weighted by molar-refractivity contribution is -0.350. The minimum Gasteiger partial charge on any atom is -0.461 e. The Kier molecular flexibility index (Phi) is 13.0. The number of guanidine groups is 1. The number of carbonyl (C=O) groups excluding carboxylic acids is 2. The first-order chi connectivity index (χ1) is 22.2. The third kappa shape index (κ3) is 9.43. The number of rotatable bonds is 7. The maximum atomic E-state index is 13.6. The first-order valence-corrected chi connectivity index (χ1v) is 17.0. The largest absolute Gasteiger partial charge is 0.461 e. The zero-order valence-electron chi connectivity index (χ0n) is 30.5. The molecule has 2 aliphatic rings. The van der Waals surface area contributed by atoms with E-state index in [-0.39, 0.29) is 43.2 Å². The minimum absolute atomic E-state index is 0.0138. The van der Waals surface area contributed by atoms with Gasteiger partial charge >= 0.3 is 12.0 Å². The topological polar surface area (TPSA) is 205 Å². The van der Waals surface area contributed by atoms with Crippen LogP contribution in [0, 0.1) is 29.1 Å². The second-order valence-corrected chi connectivity index (χ2v) is 14.9. The summed E-state index contributed by atoms with van der Waals surface area (Å²) in [6.45, 7) is 19.7. The van der Waals surface area contributed by atoms with E-state index in [1.165, 1.54) is 7.05 Å². The Morgan fingerprint density at radius 3 is 2.46 bits per heavy atom. The summed E-state index contributed by atoms with van der Waals surface area (Å²) in [5.74, 6) is -3.26. The molecule has 10 atom stereocenters. The van der Waals surface area contributed by atoms with Gasteiger partial charge in [-0.2, -0.15) is 0 Å². The Balaban J connectivity index is 1.89. The zero-order chi connectivity index (χ0) is 36.2. The summed E-state index contributed by atoms with van der Waals surface area (Å²) in [5.41, 5.74) is 4.18. The summed E-state index contributed by atoms with van der Waals surface area (Å²) < 4.78 is 27.1. The van der Waals surface area contributed by atoms with E-state index >= 15 is 0 Å².